The first-order valence-electron chi connectivity index (χ1n) is 9.88. The molecule has 1 aliphatic rings. The molecule has 152 valence electrons. The first kappa shape index (κ1) is 20.1. The molecule has 4 rings (SSSR count). The molecule has 3 aromatic rings. The van der Waals surface area contributed by atoms with E-state index < -0.39 is 0 Å². The van der Waals surface area contributed by atoms with Crippen LogP contribution in [0.1, 0.15) is 18.9 Å². The zero-order valence-electron chi connectivity index (χ0n) is 16.5. The van der Waals surface area contributed by atoms with Crippen LogP contribution in [-0.2, 0) is 17.9 Å². The highest BCUT2D eigenvalue weighted by atomic mass is 32.2. The first-order valence-corrected chi connectivity index (χ1v) is 11.7. The molecular weight excluding hydrogens is 402 g/mol. The van der Waals surface area contributed by atoms with Gasteiger partial charge in [0.05, 0.1) is 10.6 Å². The number of thioether (sulfide) groups is 1. The summed E-state index contributed by atoms with van der Waals surface area (Å²) < 4.78 is 2.07. The summed E-state index contributed by atoms with van der Waals surface area (Å²) >= 11 is 3.10. The van der Waals surface area contributed by atoms with Crippen molar-refractivity contribution in [2.24, 2.45) is 0 Å². The van der Waals surface area contributed by atoms with Crippen LogP contribution in [0, 0.1) is 0 Å². The highest BCUT2D eigenvalue weighted by Gasteiger charge is 2.24. The molecule has 1 saturated heterocycles. The van der Waals surface area contributed by atoms with Gasteiger partial charge in [0.25, 0.3) is 0 Å². The van der Waals surface area contributed by atoms with E-state index in [2.05, 4.69) is 56.2 Å². The van der Waals surface area contributed by atoms with Crippen molar-refractivity contribution in [3.63, 3.8) is 0 Å². The van der Waals surface area contributed by atoms with Crippen LogP contribution in [0.4, 0.5) is 0 Å². The number of nitrogens with zero attached hydrogens (tertiary/aromatic N) is 4. The summed E-state index contributed by atoms with van der Waals surface area (Å²) in [5, 5.41) is 14.6. The molecule has 1 aliphatic heterocycles. The van der Waals surface area contributed by atoms with Gasteiger partial charge >= 0.3 is 0 Å². The van der Waals surface area contributed by atoms with Crippen molar-refractivity contribution in [3.05, 3.63) is 53.4 Å². The molecule has 0 radical (unpaired) electrons. The minimum atomic E-state index is 0.0601. The maximum atomic E-state index is 12.5. The van der Waals surface area contributed by atoms with Crippen LogP contribution in [0.15, 0.2) is 53.0 Å². The average molecular weight is 428 g/mol. The Bertz CT molecular complexity index is 926. The lowest BCUT2D eigenvalue weighted by Gasteiger charge is -2.16. The number of carbonyl (C=O) groups is 1. The van der Waals surface area contributed by atoms with Gasteiger partial charge in [-0.25, -0.2) is 0 Å². The third kappa shape index (κ3) is 5.07. The van der Waals surface area contributed by atoms with Crippen molar-refractivity contribution in [3.8, 4) is 10.7 Å². The molecule has 1 fully saturated rings. The molecule has 1 N–H and O–H groups in total. The lowest BCUT2D eigenvalue weighted by Crippen LogP contribution is -2.38. The van der Waals surface area contributed by atoms with Crippen molar-refractivity contribution in [1.29, 1.82) is 0 Å². The van der Waals surface area contributed by atoms with E-state index in [0.717, 1.165) is 48.5 Å². The average Bonchev–Trinajstić information content (AvgIpc) is 3.48. The van der Waals surface area contributed by atoms with E-state index in [4.69, 9.17) is 0 Å². The molecule has 1 atom stereocenters. The van der Waals surface area contributed by atoms with E-state index >= 15 is 0 Å². The van der Waals surface area contributed by atoms with Crippen LogP contribution in [-0.4, -0.2) is 50.5 Å². The Kier molecular flexibility index (Phi) is 6.63. The molecule has 0 saturated carbocycles. The highest BCUT2D eigenvalue weighted by molar-refractivity contribution is 7.99. The van der Waals surface area contributed by atoms with Gasteiger partial charge in [-0.3, -0.25) is 9.69 Å². The van der Waals surface area contributed by atoms with E-state index in [0.29, 0.717) is 5.75 Å². The van der Waals surface area contributed by atoms with Gasteiger partial charge in [0.15, 0.2) is 11.0 Å². The Morgan fingerprint density at radius 1 is 1.24 bits per heavy atom. The fourth-order valence-corrected chi connectivity index (χ4v) is 5.13. The van der Waals surface area contributed by atoms with Crippen LogP contribution in [0.2, 0.25) is 0 Å². The van der Waals surface area contributed by atoms with E-state index in [1.165, 1.54) is 17.3 Å². The smallest absolute Gasteiger partial charge is 0.230 e. The maximum Gasteiger partial charge on any atom is 0.230 e. The van der Waals surface area contributed by atoms with Gasteiger partial charge in [-0.2, -0.15) is 0 Å². The third-order valence-corrected chi connectivity index (χ3v) is 6.83. The van der Waals surface area contributed by atoms with E-state index in [9.17, 15) is 4.79 Å². The minimum absolute atomic E-state index is 0.0601. The Balaban J connectivity index is 1.27. The molecule has 8 heteroatoms. The van der Waals surface area contributed by atoms with Crippen LogP contribution in [0.25, 0.3) is 10.7 Å². The number of hydrogen-bond donors (Lipinski definition) is 1. The van der Waals surface area contributed by atoms with E-state index in [1.54, 1.807) is 11.3 Å². The summed E-state index contributed by atoms with van der Waals surface area (Å²) in [4.78, 5) is 16.0. The standard InChI is InChI=1S/C21H25N5OS2/c1-2-26-20(18-9-6-12-28-18)23-24-21(26)29-15-19(27)22-17-10-11-25(14-17)13-16-7-4-3-5-8-16/h3-9,12,17H,2,10-11,13-15H2,1H3,(H,22,27)/t17-/m0/s1. The monoisotopic (exact) mass is 427 g/mol. The van der Waals surface area contributed by atoms with E-state index in [1.807, 2.05) is 23.6 Å². The Hall–Kier alpha value is -2.16. The Morgan fingerprint density at radius 3 is 2.86 bits per heavy atom. The van der Waals surface area contributed by atoms with Crippen molar-refractivity contribution >= 4 is 29.0 Å². The molecule has 1 aromatic carbocycles. The van der Waals surface area contributed by atoms with Gasteiger partial charge in [-0.1, -0.05) is 48.2 Å². The number of nitrogens with one attached hydrogen (secondary N) is 1. The zero-order chi connectivity index (χ0) is 20.1. The van der Waals surface area contributed by atoms with Gasteiger partial charge in [0, 0.05) is 32.2 Å². The number of hydrogen-bond acceptors (Lipinski definition) is 6. The molecule has 2 aromatic heterocycles. The number of rotatable bonds is 8. The molecule has 0 aliphatic carbocycles. The van der Waals surface area contributed by atoms with Crippen molar-refractivity contribution in [2.75, 3.05) is 18.8 Å². The molecule has 0 bridgehead atoms. The second-order valence-electron chi connectivity index (χ2n) is 7.09. The molecule has 0 spiro atoms. The topological polar surface area (TPSA) is 63.1 Å². The van der Waals surface area contributed by atoms with Crippen LogP contribution in [0.3, 0.4) is 0 Å². The maximum absolute atomic E-state index is 12.5. The Labute approximate surface area is 179 Å². The van der Waals surface area contributed by atoms with Gasteiger partial charge in [-0.15, -0.1) is 21.5 Å². The van der Waals surface area contributed by atoms with Gasteiger partial charge < -0.3 is 9.88 Å². The van der Waals surface area contributed by atoms with Crippen LogP contribution < -0.4 is 5.32 Å². The predicted octanol–water partition coefficient (Wildman–Crippen LogP) is 3.51. The number of amides is 1. The number of carbonyl (C=O) groups excluding carboxylic acids is 1. The number of likely N-dealkylation sites (tertiary alicyclic amines) is 1. The summed E-state index contributed by atoms with van der Waals surface area (Å²) in [5.74, 6) is 1.29. The van der Waals surface area contributed by atoms with Crippen molar-refractivity contribution in [1.82, 2.24) is 25.0 Å². The minimum Gasteiger partial charge on any atom is -0.351 e. The summed E-state index contributed by atoms with van der Waals surface area (Å²) in [6.07, 6.45) is 0.997. The van der Waals surface area contributed by atoms with Gasteiger partial charge in [0.2, 0.25) is 5.91 Å². The van der Waals surface area contributed by atoms with E-state index in [-0.39, 0.29) is 11.9 Å². The second-order valence-corrected chi connectivity index (χ2v) is 8.98. The summed E-state index contributed by atoms with van der Waals surface area (Å²) in [6.45, 7) is 5.71. The lowest BCUT2D eigenvalue weighted by molar-refractivity contribution is -0.119. The third-order valence-electron chi connectivity index (χ3n) is 4.99. The zero-order valence-corrected chi connectivity index (χ0v) is 18.1. The molecule has 3 heterocycles. The summed E-state index contributed by atoms with van der Waals surface area (Å²) in [6, 6.07) is 14.8. The second kappa shape index (κ2) is 9.56. The quantitative estimate of drug-likeness (QED) is 0.558. The number of thiophene rings is 1. The van der Waals surface area contributed by atoms with Crippen molar-refractivity contribution < 1.29 is 4.79 Å². The fourth-order valence-electron chi connectivity index (χ4n) is 3.60. The largest absolute Gasteiger partial charge is 0.351 e. The first-order chi connectivity index (χ1) is 14.2. The molecule has 0 unspecified atom stereocenters. The molecule has 1 amide bonds. The highest BCUT2D eigenvalue weighted by Crippen LogP contribution is 2.27. The molecular formula is C21H25N5OS2. The number of benzene rings is 1. The van der Waals surface area contributed by atoms with Crippen LogP contribution in [0.5, 0.6) is 0 Å². The predicted molar refractivity (Wildman–Crippen MR) is 118 cm³/mol. The van der Waals surface area contributed by atoms with Gasteiger partial charge in [0.1, 0.15) is 0 Å². The molecule has 29 heavy (non-hydrogen) atoms. The van der Waals surface area contributed by atoms with Gasteiger partial charge in [-0.05, 0) is 30.4 Å². The lowest BCUT2D eigenvalue weighted by atomic mass is 10.2. The normalized spacial score (nSPS) is 16.9. The van der Waals surface area contributed by atoms with Crippen molar-refractivity contribution in [2.45, 2.75) is 37.6 Å². The molecule has 6 nitrogen and oxygen atoms in total. The van der Waals surface area contributed by atoms with Crippen LogP contribution >= 0.6 is 23.1 Å². The summed E-state index contributed by atoms with van der Waals surface area (Å²) in [5.41, 5.74) is 1.32. The number of aromatic nitrogens is 3. The Morgan fingerprint density at radius 2 is 2.10 bits per heavy atom. The summed E-state index contributed by atoms with van der Waals surface area (Å²) in [7, 11) is 0. The SMILES string of the molecule is CCn1c(SCC(=O)N[C@H]2CCN(Cc3ccccc3)C2)nnc1-c1cccs1. The fraction of sp³-hybridized carbons (Fsp3) is 0.381.